The van der Waals surface area contributed by atoms with E-state index in [1.54, 1.807) is 6.92 Å². The van der Waals surface area contributed by atoms with E-state index in [9.17, 15) is 4.79 Å². The highest BCUT2D eigenvalue weighted by molar-refractivity contribution is 9.10. The topological polar surface area (TPSA) is 81.9 Å². The minimum Gasteiger partial charge on any atom is -0.461 e. The number of esters is 1. The Balaban J connectivity index is 2.23. The third kappa shape index (κ3) is 5.25. The Morgan fingerprint density at radius 2 is 1.87 bits per heavy atom. The monoisotopic (exact) mass is 505 g/mol. The number of imidazole rings is 1. The molecule has 0 radical (unpaired) electrons. The van der Waals surface area contributed by atoms with Crippen molar-refractivity contribution in [2.45, 2.75) is 46.7 Å². The van der Waals surface area contributed by atoms with Crippen molar-refractivity contribution in [1.29, 1.82) is 0 Å². The number of anilines is 1. The van der Waals surface area contributed by atoms with Gasteiger partial charge in [-0.3, -0.25) is 0 Å². The summed E-state index contributed by atoms with van der Waals surface area (Å²) in [5.74, 6) is 0.822. The summed E-state index contributed by atoms with van der Waals surface area (Å²) in [7, 11) is 0. The Hall–Kier alpha value is -2.45. The average molecular weight is 507 g/mol. The molecule has 1 unspecified atom stereocenters. The van der Waals surface area contributed by atoms with E-state index in [2.05, 4.69) is 36.2 Å². The van der Waals surface area contributed by atoms with Crippen LogP contribution in [0.2, 0.25) is 5.02 Å². The molecule has 2 heterocycles. The van der Waals surface area contributed by atoms with Gasteiger partial charge in [0.05, 0.1) is 18.3 Å². The summed E-state index contributed by atoms with van der Waals surface area (Å²) in [4.78, 5) is 26.2. The molecule has 1 N–H and O–H groups in total. The van der Waals surface area contributed by atoms with Crippen molar-refractivity contribution in [3.05, 3.63) is 68.6 Å². The van der Waals surface area contributed by atoms with Crippen molar-refractivity contribution in [2.75, 3.05) is 11.9 Å². The van der Waals surface area contributed by atoms with Gasteiger partial charge in [-0.2, -0.15) is 0 Å². The molecule has 9 heteroatoms. The van der Waals surface area contributed by atoms with Crippen molar-refractivity contribution in [3.8, 4) is 0 Å². The Labute approximate surface area is 195 Å². The van der Waals surface area contributed by atoms with Crippen molar-refractivity contribution in [1.82, 2.24) is 19.5 Å². The first-order valence-corrected chi connectivity index (χ1v) is 11.2. The summed E-state index contributed by atoms with van der Waals surface area (Å²) in [6, 6.07) is 8.93. The van der Waals surface area contributed by atoms with Crippen molar-refractivity contribution in [2.24, 2.45) is 0 Å². The van der Waals surface area contributed by atoms with Gasteiger partial charge in [-0.25, -0.2) is 19.7 Å². The standard InChI is InChI=1S/C22H25BrClN5O2/c1-6-31-21(30)19-20(29(12(2)3)22(23)28-19)18(15-7-9-16(24)10-8-15)27-17-11-13(4)25-14(5)26-17/h7-12,18H,6H2,1-5H3,(H,25,26,27). The fraction of sp³-hybridized carbons (Fsp3) is 0.364. The molecule has 1 atom stereocenters. The molecule has 0 amide bonds. The van der Waals surface area contributed by atoms with Crippen molar-refractivity contribution < 1.29 is 9.53 Å². The molecule has 0 saturated carbocycles. The number of nitrogens with zero attached hydrogens (tertiary/aromatic N) is 4. The molecule has 0 aliphatic rings. The van der Waals surface area contributed by atoms with Gasteiger partial charge in [0.15, 0.2) is 10.4 Å². The molecule has 1 aromatic carbocycles. The second-order valence-corrected chi connectivity index (χ2v) is 8.52. The minimum atomic E-state index is -0.478. The van der Waals surface area contributed by atoms with Crippen LogP contribution in [0.25, 0.3) is 0 Å². The van der Waals surface area contributed by atoms with E-state index < -0.39 is 12.0 Å². The molecule has 2 aromatic heterocycles. The van der Waals surface area contributed by atoms with Crippen LogP contribution in [0, 0.1) is 13.8 Å². The van der Waals surface area contributed by atoms with E-state index in [1.165, 1.54) is 0 Å². The number of rotatable bonds is 7. The lowest BCUT2D eigenvalue weighted by Crippen LogP contribution is -2.22. The van der Waals surface area contributed by atoms with Crippen LogP contribution in [0.15, 0.2) is 35.1 Å². The molecule has 7 nitrogen and oxygen atoms in total. The molecule has 3 rings (SSSR count). The average Bonchev–Trinajstić information content (AvgIpc) is 3.03. The maximum absolute atomic E-state index is 12.8. The highest BCUT2D eigenvalue weighted by atomic mass is 79.9. The van der Waals surface area contributed by atoms with Crippen LogP contribution < -0.4 is 5.32 Å². The highest BCUT2D eigenvalue weighted by Gasteiger charge is 2.31. The van der Waals surface area contributed by atoms with E-state index in [-0.39, 0.29) is 18.3 Å². The molecule has 0 saturated heterocycles. The zero-order valence-electron chi connectivity index (χ0n) is 18.1. The molecule has 3 aromatic rings. The van der Waals surface area contributed by atoms with Crippen LogP contribution in [-0.2, 0) is 4.74 Å². The number of hydrogen-bond acceptors (Lipinski definition) is 6. The summed E-state index contributed by atoms with van der Waals surface area (Å²) in [6.45, 7) is 9.84. The van der Waals surface area contributed by atoms with Crippen LogP contribution in [0.5, 0.6) is 0 Å². The third-order valence-corrected chi connectivity index (χ3v) is 5.44. The number of ether oxygens (including phenoxy) is 1. The van der Waals surface area contributed by atoms with Crippen LogP contribution in [0.4, 0.5) is 5.82 Å². The number of carbonyl (C=O) groups is 1. The number of hydrogen-bond donors (Lipinski definition) is 1. The fourth-order valence-corrected chi connectivity index (χ4v) is 4.34. The van der Waals surface area contributed by atoms with Crippen LogP contribution in [0.1, 0.15) is 66.1 Å². The van der Waals surface area contributed by atoms with Gasteiger partial charge in [-0.1, -0.05) is 23.7 Å². The summed E-state index contributed by atoms with van der Waals surface area (Å²) >= 11 is 9.65. The summed E-state index contributed by atoms with van der Waals surface area (Å²) in [6.07, 6.45) is 0. The van der Waals surface area contributed by atoms with Crippen LogP contribution in [0.3, 0.4) is 0 Å². The molecule has 0 aliphatic carbocycles. The van der Waals surface area contributed by atoms with Gasteiger partial charge in [-0.15, -0.1) is 0 Å². The number of halogens is 2. The first kappa shape index (κ1) is 23.2. The highest BCUT2D eigenvalue weighted by Crippen LogP contribution is 2.34. The zero-order valence-corrected chi connectivity index (χ0v) is 20.5. The second kappa shape index (κ2) is 9.78. The zero-order chi connectivity index (χ0) is 22.7. The first-order valence-electron chi connectivity index (χ1n) is 10.00. The number of aromatic nitrogens is 4. The first-order chi connectivity index (χ1) is 14.7. The van der Waals surface area contributed by atoms with E-state index in [1.807, 2.05) is 62.6 Å². The summed E-state index contributed by atoms with van der Waals surface area (Å²) in [5.41, 5.74) is 2.67. The van der Waals surface area contributed by atoms with E-state index >= 15 is 0 Å². The predicted molar refractivity (Wildman–Crippen MR) is 125 cm³/mol. The smallest absolute Gasteiger partial charge is 0.358 e. The molecule has 0 aliphatic heterocycles. The molecule has 0 spiro atoms. The van der Waals surface area contributed by atoms with E-state index in [4.69, 9.17) is 16.3 Å². The Morgan fingerprint density at radius 3 is 2.45 bits per heavy atom. The predicted octanol–water partition coefficient (Wildman–Crippen LogP) is 5.66. The maximum Gasteiger partial charge on any atom is 0.358 e. The number of benzene rings is 1. The van der Waals surface area contributed by atoms with Gasteiger partial charge in [0.2, 0.25) is 0 Å². The fourth-order valence-electron chi connectivity index (χ4n) is 3.44. The molecule has 31 heavy (non-hydrogen) atoms. The van der Waals surface area contributed by atoms with Crippen molar-refractivity contribution in [3.63, 3.8) is 0 Å². The lowest BCUT2D eigenvalue weighted by Gasteiger charge is -2.25. The molecule has 0 fully saturated rings. The normalized spacial score (nSPS) is 12.1. The molecular formula is C22H25BrClN5O2. The Kier molecular flexibility index (Phi) is 7.33. The maximum atomic E-state index is 12.8. The van der Waals surface area contributed by atoms with Gasteiger partial charge >= 0.3 is 5.97 Å². The Bertz CT molecular complexity index is 1060. The molecule has 164 valence electrons. The van der Waals surface area contributed by atoms with E-state index in [0.29, 0.717) is 27.1 Å². The quantitative estimate of drug-likeness (QED) is 0.416. The molecular weight excluding hydrogens is 482 g/mol. The number of nitrogens with one attached hydrogen (secondary N) is 1. The number of aryl methyl sites for hydroxylation is 2. The summed E-state index contributed by atoms with van der Waals surface area (Å²) < 4.78 is 7.82. The van der Waals surface area contributed by atoms with Gasteiger partial charge in [0, 0.05) is 22.8 Å². The SMILES string of the molecule is CCOC(=O)c1nc(Br)n(C(C)C)c1C(Nc1cc(C)nc(C)n1)c1ccc(Cl)cc1. The van der Waals surface area contributed by atoms with Crippen LogP contribution in [-0.4, -0.2) is 32.1 Å². The largest absolute Gasteiger partial charge is 0.461 e. The second-order valence-electron chi connectivity index (χ2n) is 7.37. The Morgan fingerprint density at radius 1 is 1.19 bits per heavy atom. The van der Waals surface area contributed by atoms with Gasteiger partial charge in [0.25, 0.3) is 0 Å². The van der Waals surface area contributed by atoms with Crippen LogP contribution >= 0.6 is 27.5 Å². The van der Waals surface area contributed by atoms with Gasteiger partial charge in [-0.05, 0) is 68.2 Å². The molecule has 0 bridgehead atoms. The van der Waals surface area contributed by atoms with Gasteiger partial charge < -0.3 is 14.6 Å². The van der Waals surface area contributed by atoms with Gasteiger partial charge in [0.1, 0.15) is 11.6 Å². The number of carbonyl (C=O) groups excluding carboxylic acids is 1. The van der Waals surface area contributed by atoms with Crippen molar-refractivity contribution >= 4 is 39.3 Å². The lowest BCUT2D eigenvalue weighted by atomic mass is 10.0. The van der Waals surface area contributed by atoms with E-state index in [0.717, 1.165) is 11.3 Å². The third-order valence-electron chi connectivity index (χ3n) is 4.63. The minimum absolute atomic E-state index is 0.0329. The summed E-state index contributed by atoms with van der Waals surface area (Å²) in [5, 5.41) is 4.10. The lowest BCUT2D eigenvalue weighted by molar-refractivity contribution is 0.0518.